The summed E-state index contributed by atoms with van der Waals surface area (Å²) in [5, 5.41) is 12.1. The molecule has 1 aliphatic heterocycles. The quantitative estimate of drug-likeness (QED) is 0.291. The number of halogens is 1. The number of carbonyl (C=O) groups excluding carboxylic acids is 4. The lowest BCUT2D eigenvalue weighted by Crippen LogP contribution is -2.43. The van der Waals surface area contributed by atoms with E-state index in [1.165, 1.54) is 43.3 Å². The van der Waals surface area contributed by atoms with Crippen molar-refractivity contribution in [3.05, 3.63) is 74.8 Å². The standard InChI is InChI=1S/C21H18ClN3O7/c1-12(19(27)13-2-6-16(22)7-3-13)32-21(29)15-10-18(26)24(11-15)23-20(28)14-4-8-17(9-5-14)25(30)31/h2-9,12,15H,10-11H2,1H3,(H,23,28)/t12-,15-/m1/s1. The summed E-state index contributed by atoms with van der Waals surface area (Å²) < 4.78 is 5.23. The van der Waals surface area contributed by atoms with Crippen LogP contribution in [0.4, 0.5) is 5.69 Å². The molecule has 32 heavy (non-hydrogen) atoms. The van der Waals surface area contributed by atoms with Gasteiger partial charge in [-0.2, -0.15) is 0 Å². The Morgan fingerprint density at radius 3 is 2.31 bits per heavy atom. The largest absolute Gasteiger partial charge is 0.454 e. The second-order valence-electron chi connectivity index (χ2n) is 7.10. The van der Waals surface area contributed by atoms with Crippen LogP contribution < -0.4 is 5.43 Å². The number of ether oxygens (including phenoxy) is 1. The fourth-order valence-corrected chi connectivity index (χ4v) is 3.19. The van der Waals surface area contributed by atoms with Gasteiger partial charge in [-0.05, 0) is 43.3 Å². The van der Waals surface area contributed by atoms with E-state index in [1.807, 2.05) is 0 Å². The molecule has 11 heteroatoms. The molecule has 1 aliphatic rings. The highest BCUT2D eigenvalue weighted by Gasteiger charge is 2.37. The predicted molar refractivity (Wildman–Crippen MR) is 112 cm³/mol. The minimum absolute atomic E-state index is 0.108. The van der Waals surface area contributed by atoms with E-state index in [0.717, 1.165) is 5.01 Å². The van der Waals surface area contributed by atoms with Crippen molar-refractivity contribution < 1.29 is 28.8 Å². The molecule has 10 nitrogen and oxygen atoms in total. The molecule has 0 unspecified atom stereocenters. The van der Waals surface area contributed by atoms with Gasteiger partial charge in [0.25, 0.3) is 11.6 Å². The number of hydrazine groups is 1. The van der Waals surface area contributed by atoms with E-state index in [2.05, 4.69) is 5.43 Å². The summed E-state index contributed by atoms with van der Waals surface area (Å²) in [5.74, 6) is -3.17. The van der Waals surface area contributed by atoms with E-state index in [-0.39, 0.29) is 24.2 Å². The zero-order valence-corrected chi connectivity index (χ0v) is 17.6. The van der Waals surface area contributed by atoms with Gasteiger partial charge < -0.3 is 4.74 Å². The molecule has 0 saturated carbocycles. The summed E-state index contributed by atoms with van der Waals surface area (Å²) in [6.07, 6.45) is -1.26. The Kier molecular flexibility index (Phi) is 6.84. The lowest BCUT2D eigenvalue weighted by molar-refractivity contribution is -0.384. The number of hydrogen-bond donors (Lipinski definition) is 1. The number of esters is 1. The predicted octanol–water partition coefficient (Wildman–Crippen LogP) is 2.56. The van der Waals surface area contributed by atoms with Crippen LogP contribution in [0.15, 0.2) is 48.5 Å². The second-order valence-corrected chi connectivity index (χ2v) is 7.54. The van der Waals surface area contributed by atoms with Crippen molar-refractivity contribution in [3.63, 3.8) is 0 Å². The van der Waals surface area contributed by atoms with E-state index in [0.29, 0.717) is 10.6 Å². The molecule has 1 heterocycles. The molecule has 0 spiro atoms. The highest BCUT2D eigenvalue weighted by Crippen LogP contribution is 2.20. The summed E-state index contributed by atoms with van der Waals surface area (Å²) in [6.45, 7) is 1.30. The number of hydrogen-bond acceptors (Lipinski definition) is 7. The number of nitrogens with zero attached hydrogens (tertiary/aromatic N) is 2. The van der Waals surface area contributed by atoms with E-state index >= 15 is 0 Å². The number of nitro benzene ring substituents is 1. The first-order valence-corrected chi connectivity index (χ1v) is 9.89. The number of non-ortho nitro benzene ring substituents is 1. The third-order valence-corrected chi connectivity index (χ3v) is 5.08. The van der Waals surface area contributed by atoms with Crippen LogP contribution in [0, 0.1) is 16.0 Å². The Hall–Kier alpha value is -3.79. The second kappa shape index (κ2) is 9.56. The van der Waals surface area contributed by atoms with Crippen molar-refractivity contribution in [1.82, 2.24) is 10.4 Å². The van der Waals surface area contributed by atoms with Gasteiger partial charge in [-0.1, -0.05) is 11.6 Å². The van der Waals surface area contributed by atoms with Gasteiger partial charge in [-0.15, -0.1) is 0 Å². The number of Topliss-reactive ketones (excluding diaryl/α,β-unsaturated/α-hetero) is 1. The molecule has 0 bridgehead atoms. The van der Waals surface area contributed by atoms with E-state index in [4.69, 9.17) is 16.3 Å². The number of benzene rings is 2. The van der Waals surface area contributed by atoms with Gasteiger partial charge in [-0.25, -0.2) is 0 Å². The number of rotatable bonds is 7. The van der Waals surface area contributed by atoms with E-state index in [9.17, 15) is 29.3 Å². The summed E-state index contributed by atoms with van der Waals surface area (Å²) in [7, 11) is 0. The van der Waals surface area contributed by atoms with Gasteiger partial charge in [0.2, 0.25) is 11.7 Å². The number of carbonyl (C=O) groups is 4. The first-order valence-electron chi connectivity index (χ1n) is 9.51. The topological polar surface area (TPSA) is 136 Å². The van der Waals surface area contributed by atoms with Crippen molar-refractivity contribution in [2.24, 2.45) is 5.92 Å². The number of nitro groups is 1. The SMILES string of the molecule is C[C@@H](OC(=O)[C@@H]1CC(=O)N(NC(=O)c2ccc([N+](=O)[O-])cc2)C1)C(=O)c1ccc(Cl)cc1. The van der Waals surface area contributed by atoms with Crippen LogP contribution in [0.25, 0.3) is 0 Å². The molecular weight excluding hydrogens is 442 g/mol. The molecule has 1 saturated heterocycles. The highest BCUT2D eigenvalue weighted by atomic mass is 35.5. The molecule has 1 fully saturated rings. The Morgan fingerprint density at radius 2 is 1.72 bits per heavy atom. The van der Waals surface area contributed by atoms with Crippen molar-refractivity contribution in [2.75, 3.05) is 6.54 Å². The Labute approximate surface area is 187 Å². The maximum atomic E-state index is 12.4. The van der Waals surface area contributed by atoms with Gasteiger partial charge in [0.1, 0.15) is 0 Å². The van der Waals surface area contributed by atoms with Crippen LogP contribution in [0.5, 0.6) is 0 Å². The Balaban J connectivity index is 1.56. The third kappa shape index (κ3) is 5.27. The lowest BCUT2D eigenvalue weighted by atomic mass is 10.1. The minimum atomic E-state index is -1.07. The first-order chi connectivity index (χ1) is 15.2. The zero-order valence-electron chi connectivity index (χ0n) is 16.8. The summed E-state index contributed by atoms with van der Waals surface area (Å²) in [5.41, 5.74) is 2.63. The molecule has 166 valence electrons. The number of nitrogens with one attached hydrogen (secondary N) is 1. The molecule has 2 amide bonds. The summed E-state index contributed by atoms with van der Waals surface area (Å²) in [4.78, 5) is 59.5. The van der Waals surface area contributed by atoms with Crippen LogP contribution in [-0.4, -0.2) is 46.1 Å². The van der Waals surface area contributed by atoms with Crippen molar-refractivity contribution >= 4 is 40.9 Å². The highest BCUT2D eigenvalue weighted by molar-refractivity contribution is 6.30. The Bertz CT molecular complexity index is 1070. The minimum Gasteiger partial charge on any atom is -0.454 e. The maximum Gasteiger partial charge on any atom is 0.312 e. The average Bonchev–Trinajstić information content (AvgIpc) is 3.14. The van der Waals surface area contributed by atoms with Crippen LogP contribution in [0.3, 0.4) is 0 Å². The Morgan fingerprint density at radius 1 is 1.12 bits per heavy atom. The van der Waals surface area contributed by atoms with Gasteiger partial charge in [0.05, 0.1) is 17.4 Å². The van der Waals surface area contributed by atoms with Crippen LogP contribution in [0.2, 0.25) is 5.02 Å². The van der Waals surface area contributed by atoms with Crippen molar-refractivity contribution in [1.29, 1.82) is 0 Å². The summed E-state index contributed by atoms with van der Waals surface area (Å²) >= 11 is 5.80. The van der Waals surface area contributed by atoms with Crippen LogP contribution >= 0.6 is 11.6 Å². The smallest absolute Gasteiger partial charge is 0.312 e. The lowest BCUT2D eigenvalue weighted by Gasteiger charge is -2.18. The number of amides is 2. The molecule has 0 aromatic heterocycles. The molecule has 2 atom stereocenters. The molecule has 3 rings (SSSR count). The van der Waals surface area contributed by atoms with E-state index in [1.54, 1.807) is 12.1 Å². The van der Waals surface area contributed by atoms with Gasteiger partial charge in [0.15, 0.2) is 6.10 Å². The van der Waals surface area contributed by atoms with E-state index < -0.39 is 40.5 Å². The van der Waals surface area contributed by atoms with Crippen molar-refractivity contribution in [3.8, 4) is 0 Å². The third-order valence-electron chi connectivity index (χ3n) is 4.83. The summed E-state index contributed by atoms with van der Waals surface area (Å²) in [6, 6.07) is 11.0. The van der Waals surface area contributed by atoms with Crippen molar-refractivity contribution in [2.45, 2.75) is 19.4 Å². The zero-order chi connectivity index (χ0) is 23.4. The number of ketones is 1. The molecule has 0 aliphatic carbocycles. The molecular formula is C21H18ClN3O7. The fraction of sp³-hybridized carbons (Fsp3) is 0.238. The monoisotopic (exact) mass is 459 g/mol. The maximum absolute atomic E-state index is 12.4. The first kappa shape index (κ1) is 22.9. The van der Waals surface area contributed by atoms with Gasteiger partial charge >= 0.3 is 5.97 Å². The molecule has 1 N–H and O–H groups in total. The normalized spacial score (nSPS) is 16.4. The molecule has 2 aromatic carbocycles. The molecule has 0 radical (unpaired) electrons. The van der Waals surface area contributed by atoms with Crippen LogP contribution in [-0.2, 0) is 14.3 Å². The van der Waals surface area contributed by atoms with Crippen LogP contribution in [0.1, 0.15) is 34.1 Å². The average molecular weight is 460 g/mol. The fourth-order valence-electron chi connectivity index (χ4n) is 3.07. The van der Waals surface area contributed by atoms with Gasteiger partial charge in [-0.3, -0.25) is 39.7 Å². The van der Waals surface area contributed by atoms with Gasteiger partial charge in [0, 0.05) is 34.7 Å². The molecule has 2 aromatic rings.